The highest BCUT2D eigenvalue weighted by Crippen LogP contribution is 2.33. The Labute approximate surface area is 196 Å². The first kappa shape index (κ1) is 20.7. The van der Waals surface area contributed by atoms with Gasteiger partial charge in [0.1, 0.15) is 5.52 Å². The van der Waals surface area contributed by atoms with Crippen molar-refractivity contribution in [3.63, 3.8) is 0 Å². The summed E-state index contributed by atoms with van der Waals surface area (Å²) >= 11 is 0. The molecule has 1 aliphatic heterocycles. The van der Waals surface area contributed by atoms with Crippen LogP contribution in [0, 0.1) is 13.8 Å². The van der Waals surface area contributed by atoms with Crippen LogP contribution < -0.4 is 10.2 Å². The molecule has 2 N–H and O–H groups in total. The first-order valence-electron chi connectivity index (χ1n) is 11.5. The van der Waals surface area contributed by atoms with Crippen LogP contribution in [-0.4, -0.2) is 67.2 Å². The fourth-order valence-corrected chi connectivity index (χ4v) is 4.83. The van der Waals surface area contributed by atoms with E-state index in [9.17, 15) is 0 Å². The smallest absolute Gasteiger partial charge is 0.257 e. The van der Waals surface area contributed by atoms with E-state index in [-0.39, 0.29) is 6.04 Å². The Hall–Kier alpha value is -3.92. The Morgan fingerprint density at radius 3 is 2.71 bits per heavy atom. The molecule has 5 heterocycles. The summed E-state index contributed by atoms with van der Waals surface area (Å²) < 4.78 is 9.67. The zero-order valence-electron chi connectivity index (χ0n) is 19.7. The molecule has 1 saturated heterocycles. The summed E-state index contributed by atoms with van der Waals surface area (Å²) in [5.41, 5.74) is 6.73. The van der Waals surface area contributed by atoms with Gasteiger partial charge >= 0.3 is 0 Å². The topological polar surface area (TPSA) is 101 Å². The number of H-pyrrole nitrogens is 1. The molecule has 0 unspecified atom stereocenters. The quantitative estimate of drug-likeness (QED) is 0.427. The largest absolute Gasteiger partial charge is 0.377 e. The van der Waals surface area contributed by atoms with Crippen LogP contribution in [0.4, 0.5) is 11.8 Å². The molecule has 0 amide bonds. The molecule has 5 aromatic rings. The lowest BCUT2D eigenvalue weighted by molar-refractivity contribution is 0.0986. The minimum absolute atomic E-state index is 0.194. The molecular weight excluding hydrogens is 430 g/mol. The standard InChI is InChI=1S/C24H27N9O/c1-14-13-34-12-11-31(14)22-20-10-9-19(21-15(2)28-29-16(21)3)33(20)30-24(27-22)32-18-8-6-5-7-17(18)26-23(32)25-4/h5-10,14H,11-13H2,1-4H3,(H,25,26)(H,28,29)/t14-/m1/s1. The number of hydrogen-bond acceptors (Lipinski definition) is 7. The number of para-hydroxylation sites is 2. The van der Waals surface area contributed by atoms with Crippen LogP contribution in [0.1, 0.15) is 18.3 Å². The molecule has 4 aromatic heterocycles. The summed E-state index contributed by atoms with van der Waals surface area (Å²) in [7, 11) is 1.86. The molecule has 1 aromatic carbocycles. The molecule has 0 bridgehead atoms. The van der Waals surface area contributed by atoms with E-state index in [2.05, 4.69) is 39.5 Å². The molecule has 0 spiro atoms. The van der Waals surface area contributed by atoms with Crippen LogP contribution in [0.3, 0.4) is 0 Å². The number of rotatable bonds is 4. The Bertz CT molecular complexity index is 1490. The summed E-state index contributed by atoms with van der Waals surface area (Å²) in [5.74, 6) is 2.12. The van der Waals surface area contributed by atoms with Crippen molar-refractivity contribution >= 4 is 28.3 Å². The number of nitrogens with one attached hydrogen (secondary N) is 2. The second-order valence-electron chi connectivity index (χ2n) is 8.69. The number of ether oxygens (including phenoxy) is 1. The number of aromatic amines is 1. The third-order valence-corrected chi connectivity index (χ3v) is 6.49. The van der Waals surface area contributed by atoms with Crippen molar-refractivity contribution < 1.29 is 4.74 Å². The van der Waals surface area contributed by atoms with Gasteiger partial charge in [-0.15, -0.1) is 5.10 Å². The predicted molar refractivity (Wildman–Crippen MR) is 132 cm³/mol. The fourth-order valence-electron chi connectivity index (χ4n) is 4.83. The average molecular weight is 458 g/mol. The SMILES string of the molecule is CNc1nc2ccccc2n1-c1nc(N2CCOC[C@H]2C)c2ccc(-c3c(C)n[nH]c3C)n2n1. The van der Waals surface area contributed by atoms with Crippen molar-refractivity contribution in [2.45, 2.75) is 26.8 Å². The summed E-state index contributed by atoms with van der Waals surface area (Å²) in [4.78, 5) is 12.2. The Kier molecular flexibility index (Phi) is 4.77. The maximum atomic E-state index is 5.71. The zero-order valence-corrected chi connectivity index (χ0v) is 19.7. The molecule has 34 heavy (non-hydrogen) atoms. The summed E-state index contributed by atoms with van der Waals surface area (Å²) in [5, 5.41) is 15.8. The number of fused-ring (bicyclic) bond motifs is 2. The number of nitrogens with zero attached hydrogens (tertiary/aromatic N) is 7. The van der Waals surface area contributed by atoms with Crippen molar-refractivity contribution in [3.8, 4) is 17.2 Å². The van der Waals surface area contributed by atoms with Gasteiger partial charge in [0.15, 0.2) is 5.82 Å². The normalized spacial score (nSPS) is 16.6. The van der Waals surface area contributed by atoms with Crippen LogP contribution in [-0.2, 0) is 4.74 Å². The van der Waals surface area contributed by atoms with E-state index in [1.807, 2.05) is 54.2 Å². The van der Waals surface area contributed by atoms with E-state index in [1.165, 1.54) is 0 Å². The van der Waals surface area contributed by atoms with Crippen molar-refractivity contribution in [2.24, 2.45) is 0 Å². The molecule has 0 aliphatic carbocycles. The predicted octanol–water partition coefficient (Wildman–Crippen LogP) is 3.34. The van der Waals surface area contributed by atoms with E-state index in [0.717, 1.165) is 51.6 Å². The van der Waals surface area contributed by atoms with Crippen molar-refractivity contribution in [1.29, 1.82) is 0 Å². The van der Waals surface area contributed by atoms with Gasteiger partial charge in [-0.05, 0) is 45.0 Å². The van der Waals surface area contributed by atoms with Crippen LogP contribution in [0.25, 0.3) is 33.8 Å². The monoisotopic (exact) mass is 457 g/mol. The van der Waals surface area contributed by atoms with Gasteiger partial charge in [0.2, 0.25) is 5.95 Å². The summed E-state index contributed by atoms with van der Waals surface area (Å²) in [6, 6.07) is 12.4. The number of imidazole rings is 1. The molecule has 6 rings (SSSR count). The highest BCUT2D eigenvalue weighted by Gasteiger charge is 2.26. The number of aromatic nitrogens is 7. The minimum atomic E-state index is 0.194. The van der Waals surface area contributed by atoms with E-state index >= 15 is 0 Å². The molecule has 10 nitrogen and oxygen atoms in total. The van der Waals surface area contributed by atoms with Gasteiger partial charge in [-0.3, -0.25) is 5.10 Å². The molecule has 0 radical (unpaired) electrons. The molecule has 10 heteroatoms. The van der Waals surface area contributed by atoms with Gasteiger partial charge in [0, 0.05) is 24.8 Å². The van der Waals surface area contributed by atoms with Crippen LogP contribution >= 0.6 is 0 Å². The highest BCUT2D eigenvalue weighted by molar-refractivity contribution is 5.82. The molecule has 0 saturated carbocycles. The van der Waals surface area contributed by atoms with Crippen molar-refractivity contribution in [1.82, 2.24) is 34.3 Å². The van der Waals surface area contributed by atoms with Gasteiger partial charge in [-0.2, -0.15) is 10.1 Å². The number of benzene rings is 1. The lowest BCUT2D eigenvalue weighted by Gasteiger charge is -2.34. The van der Waals surface area contributed by atoms with E-state index in [4.69, 9.17) is 19.8 Å². The van der Waals surface area contributed by atoms with Gasteiger partial charge in [-0.1, -0.05) is 12.1 Å². The lowest BCUT2D eigenvalue weighted by atomic mass is 10.1. The zero-order chi connectivity index (χ0) is 23.4. The molecule has 1 aliphatic rings. The van der Waals surface area contributed by atoms with Gasteiger partial charge in [0.05, 0.1) is 41.7 Å². The van der Waals surface area contributed by atoms with Crippen LogP contribution in [0.5, 0.6) is 0 Å². The number of aryl methyl sites for hydroxylation is 2. The minimum Gasteiger partial charge on any atom is -0.377 e. The van der Waals surface area contributed by atoms with E-state index in [1.54, 1.807) is 0 Å². The van der Waals surface area contributed by atoms with Crippen LogP contribution in [0.15, 0.2) is 36.4 Å². The molecule has 1 fully saturated rings. The number of anilines is 2. The molecule has 1 atom stereocenters. The van der Waals surface area contributed by atoms with Crippen LogP contribution in [0.2, 0.25) is 0 Å². The van der Waals surface area contributed by atoms with Crippen molar-refractivity contribution in [2.75, 3.05) is 37.0 Å². The summed E-state index contributed by atoms with van der Waals surface area (Å²) in [6.45, 7) is 8.30. The maximum Gasteiger partial charge on any atom is 0.257 e. The van der Waals surface area contributed by atoms with E-state index < -0.39 is 0 Å². The third kappa shape index (κ3) is 3.06. The number of morpholine rings is 1. The first-order valence-corrected chi connectivity index (χ1v) is 11.5. The van der Waals surface area contributed by atoms with Gasteiger partial charge in [-0.25, -0.2) is 14.1 Å². The second kappa shape index (κ2) is 7.84. The Morgan fingerprint density at radius 2 is 1.94 bits per heavy atom. The number of hydrogen-bond donors (Lipinski definition) is 2. The molecular formula is C24H27N9O. The Morgan fingerprint density at radius 1 is 1.09 bits per heavy atom. The fraction of sp³-hybridized carbons (Fsp3) is 0.333. The van der Waals surface area contributed by atoms with Crippen molar-refractivity contribution in [3.05, 3.63) is 47.8 Å². The van der Waals surface area contributed by atoms with Gasteiger partial charge < -0.3 is 15.0 Å². The maximum absolute atomic E-state index is 5.71. The Balaban J connectivity index is 1.67. The second-order valence-corrected chi connectivity index (χ2v) is 8.69. The first-order chi connectivity index (χ1) is 16.6. The lowest BCUT2D eigenvalue weighted by Crippen LogP contribution is -2.44. The molecule has 174 valence electrons. The summed E-state index contributed by atoms with van der Waals surface area (Å²) in [6.07, 6.45) is 0. The average Bonchev–Trinajstić information content (AvgIpc) is 3.53. The highest BCUT2D eigenvalue weighted by atomic mass is 16.5. The third-order valence-electron chi connectivity index (χ3n) is 6.49. The van der Waals surface area contributed by atoms with E-state index in [0.29, 0.717) is 25.1 Å². The van der Waals surface area contributed by atoms with Gasteiger partial charge in [0.25, 0.3) is 5.95 Å².